The number of oxime groups is 1. The molecule has 0 aliphatic rings. The summed E-state index contributed by atoms with van der Waals surface area (Å²) in [7, 11) is 0. The fourth-order valence-corrected chi connectivity index (χ4v) is 1.72. The third kappa shape index (κ3) is 4.99. The number of benzene rings is 1. The van der Waals surface area contributed by atoms with Crippen LogP contribution in [-0.2, 0) is 4.84 Å². The Morgan fingerprint density at radius 1 is 1.40 bits per heavy atom. The number of ether oxygens (including phenoxy) is 1. The summed E-state index contributed by atoms with van der Waals surface area (Å²) in [5, 5.41) is 7.12. The van der Waals surface area contributed by atoms with Crippen LogP contribution >= 0.6 is 0 Å². The molecule has 25 heavy (non-hydrogen) atoms. The minimum atomic E-state index is -5.06. The second-order valence-corrected chi connectivity index (χ2v) is 4.47. The van der Waals surface area contributed by atoms with Gasteiger partial charge in [0.2, 0.25) is 6.30 Å². The third-order valence-electron chi connectivity index (χ3n) is 2.70. The zero-order valence-corrected chi connectivity index (χ0v) is 12.5. The van der Waals surface area contributed by atoms with Crippen LogP contribution in [0.4, 0.5) is 22.0 Å². The van der Waals surface area contributed by atoms with Crippen LogP contribution in [0.15, 0.2) is 48.7 Å². The molecule has 134 valence electrons. The van der Waals surface area contributed by atoms with Crippen LogP contribution in [0, 0.1) is 5.82 Å². The van der Waals surface area contributed by atoms with Gasteiger partial charge in [0, 0.05) is 5.56 Å². The number of alkyl halides is 4. The monoisotopic (exact) mass is 362 g/mol. The summed E-state index contributed by atoms with van der Waals surface area (Å²) in [6.07, 6.45) is -3.62. The lowest BCUT2D eigenvalue weighted by atomic mass is 10.1. The summed E-state index contributed by atoms with van der Waals surface area (Å²) in [5.41, 5.74) is -0.594. The fraction of sp³-hybridized carbons (Fsp3) is 0.214. The van der Waals surface area contributed by atoms with Crippen LogP contribution in [0.1, 0.15) is 11.9 Å². The van der Waals surface area contributed by atoms with E-state index in [1.165, 1.54) is 6.08 Å². The maximum atomic E-state index is 14.5. The van der Waals surface area contributed by atoms with Crippen LogP contribution in [0.2, 0.25) is 0 Å². The maximum Gasteiger partial charge on any atom is 0.573 e. The first kappa shape index (κ1) is 18.4. The van der Waals surface area contributed by atoms with Gasteiger partial charge in [0.1, 0.15) is 25.0 Å². The molecule has 0 radical (unpaired) electrons. The highest BCUT2D eigenvalue weighted by atomic mass is 19.4. The number of rotatable bonds is 7. The molecule has 0 spiro atoms. The number of hydrogen-bond acceptors (Lipinski definition) is 5. The van der Waals surface area contributed by atoms with Gasteiger partial charge in [0.05, 0.1) is 0 Å². The van der Waals surface area contributed by atoms with E-state index in [0.29, 0.717) is 12.1 Å². The smallest absolute Gasteiger partial charge is 0.403 e. The van der Waals surface area contributed by atoms with Gasteiger partial charge in [0.15, 0.2) is 11.6 Å². The lowest BCUT2D eigenvalue weighted by Gasteiger charge is -2.14. The summed E-state index contributed by atoms with van der Waals surface area (Å²) in [5.74, 6) is -2.41. The highest BCUT2D eigenvalue weighted by Crippen LogP contribution is 2.27. The van der Waals surface area contributed by atoms with Crippen molar-refractivity contribution in [3.8, 4) is 5.75 Å². The van der Waals surface area contributed by atoms with E-state index in [-0.39, 0.29) is 12.2 Å². The van der Waals surface area contributed by atoms with Crippen LogP contribution in [-0.4, -0.2) is 33.4 Å². The molecule has 1 heterocycles. The second-order valence-electron chi connectivity index (χ2n) is 4.47. The highest BCUT2D eigenvalue weighted by molar-refractivity contribution is 6.02. The van der Waals surface area contributed by atoms with E-state index < -0.39 is 29.9 Å². The number of halogens is 5. The zero-order chi connectivity index (χ0) is 18.4. The molecule has 1 aromatic heterocycles. The highest BCUT2D eigenvalue weighted by Gasteiger charge is 2.32. The Balaban J connectivity index is 2.35. The van der Waals surface area contributed by atoms with Crippen molar-refractivity contribution in [1.82, 2.24) is 14.8 Å². The van der Waals surface area contributed by atoms with E-state index in [9.17, 15) is 22.0 Å². The molecule has 1 unspecified atom stereocenters. The van der Waals surface area contributed by atoms with Crippen molar-refractivity contribution in [2.75, 3.05) is 6.61 Å². The summed E-state index contributed by atoms with van der Waals surface area (Å²) in [4.78, 5) is 8.37. The van der Waals surface area contributed by atoms with Crippen molar-refractivity contribution in [2.45, 2.75) is 12.7 Å². The van der Waals surface area contributed by atoms with E-state index in [4.69, 9.17) is 4.84 Å². The van der Waals surface area contributed by atoms with E-state index in [0.717, 1.165) is 23.4 Å². The molecule has 1 aromatic carbocycles. The van der Waals surface area contributed by atoms with E-state index in [1.54, 1.807) is 0 Å². The molecule has 0 amide bonds. The third-order valence-corrected chi connectivity index (χ3v) is 2.70. The normalized spacial score (nSPS) is 13.4. The van der Waals surface area contributed by atoms with E-state index in [1.807, 2.05) is 0 Å². The van der Waals surface area contributed by atoms with Gasteiger partial charge in [-0.25, -0.2) is 18.4 Å². The average Bonchev–Trinajstić information content (AvgIpc) is 3.06. The van der Waals surface area contributed by atoms with Crippen molar-refractivity contribution in [2.24, 2.45) is 5.16 Å². The Kier molecular flexibility index (Phi) is 5.67. The van der Waals surface area contributed by atoms with Crippen LogP contribution in [0.25, 0.3) is 0 Å². The fourth-order valence-electron chi connectivity index (χ4n) is 1.72. The number of nitrogens with zero attached hydrogens (tertiary/aromatic N) is 4. The molecule has 1 atom stereocenters. The number of hydrogen-bond donors (Lipinski definition) is 0. The molecule has 0 fully saturated rings. The van der Waals surface area contributed by atoms with Gasteiger partial charge in [-0.05, 0) is 18.2 Å². The Morgan fingerprint density at radius 2 is 2.16 bits per heavy atom. The van der Waals surface area contributed by atoms with Gasteiger partial charge in [-0.15, -0.1) is 13.2 Å². The molecule has 0 saturated carbocycles. The topological polar surface area (TPSA) is 61.5 Å². The molecular formula is C14H11F5N4O2. The molecule has 0 bridgehead atoms. The first-order valence-electron chi connectivity index (χ1n) is 6.66. The quantitative estimate of drug-likeness (QED) is 0.249. The molecule has 11 heteroatoms. The van der Waals surface area contributed by atoms with Crippen LogP contribution in [0.5, 0.6) is 5.75 Å². The molecule has 0 aliphatic carbocycles. The summed E-state index contributed by atoms with van der Waals surface area (Å²) in [6, 6.07) is 2.35. The van der Waals surface area contributed by atoms with Gasteiger partial charge < -0.3 is 9.57 Å². The SMILES string of the molecule is C=CCON=C(c1ccc(OC(F)(F)F)c(F)c1)C(F)n1cncn1. The lowest BCUT2D eigenvalue weighted by molar-refractivity contribution is -0.275. The predicted molar refractivity (Wildman–Crippen MR) is 75.9 cm³/mol. The second kappa shape index (κ2) is 7.73. The zero-order valence-electron chi connectivity index (χ0n) is 12.5. The first-order chi connectivity index (χ1) is 11.8. The Morgan fingerprint density at radius 3 is 2.72 bits per heavy atom. The molecule has 0 N–H and O–H groups in total. The molecule has 0 aliphatic heterocycles. The summed E-state index contributed by atoms with van der Waals surface area (Å²) in [6.45, 7) is 3.32. The Bertz CT molecular complexity index is 746. The largest absolute Gasteiger partial charge is 0.573 e. The van der Waals surface area contributed by atoms with Crippen molar-refractivity contribution in [3.63, 3.8) is 0 Å². The average molecular weight is 362 g/mol. The van der Waals surface area contributed by atoms with Gasteiger partial charge in [0.25, 0.3) is 0 Å². The molecule has 6 nitrogen and oxygen atoms in total. The van der Waals surface area contributed by atoms with Gasteiger partial charge in [-0.1, -0.05) is 17.8 Å². The predicted octanol–water partition coefficient (Wildman–Crippen LogP) is 3.39. The van der Waals surface area contributed by atoms with Gasteiger partial charge >= 0.3 is 6.36 Å². The van der Waals surface area contributed by atoms with E-state index >= 15 is 0 Å². The van der Waals surface area contributed by atoms with Gasteiger partial charge in [-0.2, -0.15) is 5.10 Å². The van der Waals surface area contributed by atoms with Crippen molar-refractivity contribution in [3.05, 3.63) is 54.9 Å². The number of aromatic nitrogens is 3. The van der Waals surface area contributed by atoms with Crippen LogP contribution in [0.3, 0.4) is 0 Å². The molecule has 2 aromatic rings. The Hall–Kier alpha value is -2.98. The van der Waals surface area contributed by atoms with Crippen molar-refractivity contribution in [1.29, 1.82) is 0 Å². The van der Waals surface area contributed by atoms with Crippen molar-refractivity contribution < 1.29 is 31.5 Å². The standard InChI is InChI=1S/C14H11F5N4O2/c1-2-5-24-22-12(13(16)23-8-20-7-21-23)9-3-4-11(10(15)6-9)25-14(17,18)19/h2-4,6-8,13H,1,5H2. The molecule has 2 rings (SSSR count). The first-order valence-corrected chi connectivity index (χ1v) is 6.66. The van der Waals surface area contributed by atoms with Crippen molar-refractivity contribution >= 4 is 5.71 Å². The van der Waals surface area contributed by atoms with Crippen LogP contribution < -0.4 is 4.74 Å². The minimum Gasteiger partial charge on any atom is -0.403 e. The van der Waals surface area contributed by atoms with Gasteiger partial charge in [-0.3, -0.25) is 0 Å². The van der Waals surface area contributed by atoms with E-state index in [2.05, 4.69) is 26.6 Å². The summed E-state index contributed by atoms with van der Waals surface area (Å²) < 4.78 is 69.2. The molecule has 0 saturated heterocycles. The maximum absolute atomic E-state index is 14.5. The Labute approximate surface area is 138 Å². The summed E-state index contributed by atoms with van der Waals surface area (Å²) >= 11 is 0. The minimum absolute atomic E-state index is 0.0642. The lowest BCUT2D eigenvalue weighted by Crippen LogP contribution is -2.20. The molecular weight excluding hydrogens is 351 g/mol.